The molecule has 2 aromatic rings. The van der Waals surface area contributed by atoms with Crippen molar-refractivity contribution in [3.05, 3.63) is 28.0 Å². The van der Waals surface area contributed by atoms with Crippen LogP contribution in [0.4, 0.5) is 0 Å². The smallest absolute Gasteiger partial charge is 0.107 e. The van der Waals surface area contributed by atoms with Crippen LogP contribution in [0.3, 0.4) is 0 Å². The van der Waals surface area contributed by atoms with Gasteiger partial charge < -0.3 is 0 Å². The minimum absolute atomic E-state index is 0. The molecule has 0 aliphatic heterocycles. The van der Waals surface area contributed by atoms with E-state index in [1.807, 2.05) is 37.6 Å². The van der Waals surface area contributed by atoms with Crippen LogP contribution in [0.15, 0.2) is 18.6 Å². The van der Waals surface area contributed by atoms with Gasteiger partial charge in [-0.3, -0.25) is 0 Å². The van der Waals surface area contributed by atoms with E-state index >= 15 is 0 Å². The van der Waals surface area contributed by atoms with E-state index in [1.54, 1.807) is 0 Å². The van der Waals surface area contributed by atoms with Gasteiger partial charge in [-0.05, 0) is 0 Å². The van der Waals surface area contributed by atoms with E-state index in [-0.39, 0.29) is 65.2 Å². The van der Waals surface area contributed by atoms with Crippen molar-refractivity contribution in [3.8, 4) is 0 Å². The van der Waals surface area contributed by atoms with Gasteiger partial charge in [-0.25, -0.2) is 0 Å². The summed E-state index contributed by atoms with van der Waals surface area (Å²) >= 11 is 2.46. The summed E-state index contributed by atoms with van der Waals surface area (Å²) in [6, 6.07) is 0. The Balaban J connectivity index is 0. The van der Waals surface area contributed by atoms with Crippen molar-refractivity contribution in [1.82, 2.24) is 14.4 Å². The van der Waals surface area contributed by atoms with Crippen molar-refractivity contribution in [3.63, 3.8) is 0 Å². The van der Waals surface area contributed by atoms with E-state index in [1.165, 1.54) is 3.70 Å². The van der Waals surface area contributed by atoms with Crippen LogP contribution in [0.1, 0.15) is 19.5 Å². The molecule has 0 bridgehead atoms. The number of halogens is 4. The van der Waals surface area contributed by atoms with Crippen LogP contribution in [-0.2, 0) is 0 Å². The summed E-state index contributed by atoms with van der Waals surface area (Å²) in [5.74, 6) is 0. The molecule has 0 amide bonds. The second-order valence-corrected chi connectivity index (χ2v) is 6.68. The zero-order valence-corrected chi connectivity index (χ0v) is 18.1. The standard InChI is InChI=1S/C7H6I2N3.C2H6.2HI/c1-5-3-12-4-6(9-8)10-2-7(12)11-5;1-2;;/h2-4H,1H3;1-2H3;2*1H/q-1;;;. The Morgan fingerprint density at radius 1 is 1.25 bits per heavy atom. The van der Waals surface area contributed by atoms with Crippen LogP contribution in [0.5, 0.6) is 0 Å². The van der Waals surface area contributed by atoms with E-state index < -0.39 is 0 Å². The van der Waals surface area contributed by atoms with Gasteiger partial charge in [0.1, 0.15) is 0 Å². The van der Waals surface area contributed by atoms with Crippen molar-refractivity contribution >= 4 is 72.2 Å². The number of imidazole rings is 1. The summed E-state index contributed by atoms with van der Waals surface area (Å²) in [6.07, 6.45) is 5.92. The zero-order chi connectivity index (χ0) is 10.6. The monoisotopic (exact) mass is 672 g/mol. The summed E-state index contributed by atoms with van der Waals surface area (Å²) in [4.78, 5) is 8.60. The Kier molecular flexibility index (Phi) is 13.0. The summed E-state index contributed by atoms with van der Waals surface area (Å²) in [7, 11) is 0. The van der Waals surface area contributed by atoms with Gasteiger partial charge in [-0.2, -0.15) is 0 Å². The molecule has 0 atom stereocenters. The molecule has 2 heterocycles. The molecule has 0 saturated carbocycles. The molecule has 7 heteroatoms. The van der Waals surface area contributed by atoms with Crippen molar-refractivity contribution in [1.29, 1.82) is 0 Å². The Labute approximate surface area is 150 Å². The van der Waals surface area contributed by atoms with Gasteiger partial charge in [0.15, 0.2) is 0 Å². The first kappa shape index (κ1) is 19.9. The quantitative estimate of drug-likeness (QED) is 0.423. The molecular formula is C9H14I4N3-. The number of rotatable bonds is 1. The number of hydrogen-bond acceptors (Lipinski definition) is 2. The maximum Gasteiger partial charge on any atom is -0.107 e. The van der Waals surface area contributed by atoms with Crippen LogP contribution in [0.25, 0.3) is 5.65 Å². The molecule has 0 aliphatic rings. The Morgan fingerprint density at radius 2 is 1.88 bits per heavy atom. The average Bonchev–Trinajstić information content (AvgIpc) is 2.59. The third-order valence-electron chi connectivity index (χ3n) is 1.50. The number of hydrogen-bond donors (Lipinski definition) is 0. The predicted molar refractivity (Wildman–Crippen MR) is 92.6 cm³/mol. The van der Waals surface area contributed by atoms with E-state index in [0.29, 0.717) is 0 Å². The van der Waals surface area contributed by atoms with Gasteiger partial charge in [0.05, 0.1) is 0 Å². The maximum atomic E-state index is 4.30. The Hall–Kier alpha value is 1.54. The van der Waals surface area contributed by atoms with Crippen LogP contribution < -0.4 is 17.2 Å². The molecule has 16 heavy (non-hydrogen) atoms. The summed E-state index contributed by atoms with van der Waals surface area (Å²) in [6.45, 7) is 5.99. The Bertz CT molecular complexity index is 416. The summed E-state index contributed by atoms with van der Waals surface area (Å²) < 4.78 is 3.23. The third kappa shape index (κ3) is 5.46. The minimum atomic E-state index is 0. The first-order chi connectivity index (χ1) is 6.79. The van der Waals surface area contributed by atoms with Crippen LogP contribution >= 0.6 is 66.6 Å². The van der Waals surface area contributed by atoms with Gasteiger partial charge in [0, 0.05) is 0 Å². The van der Waals surface area contributed by atoms with Gasteiger partial charge in [-0.15, -0.1) is 48.0 Å². The molecule has 0 aromatic carbocycles. The fourth-order valence-electron chi connectivity index (χ4n) is 1.04. The van der Waals surface area contributed by atoms with Crippen LogP contribution in [0.2, 0.25) is 0 Å². The van der Waals surface area contributed by atoms with Gasteiger partial charge in [-0.1, -0.05) is 13.8 Å². The van der Waals surface area contributed by atoms with Crippen LogP contribution in [0, 0.1) is 10.6 Å². The molecule has 0 spiro atoms. The topological polar surface area (TPSA) is 30.2 Å². The van der Waals surface area contributed by atoms with E-state index in [9.17, 15) is 0 Å². The molecule has 94 valence electrons. The normalized spacial score (nSPS) is 8.75. The van der Waals surface area contributed by atoms with E-state index in [0.717, 1.165) is 11.3 Å². The maximum absolute atomic E-state index is 4.30. The molecule has 0 saturated heterocycles. The second-order valence-electron chi connectivity index (χ2n) is 2.43. The van der Waals surface area contributed by atoms with Crippen molar-refractivity contribution in [2.45, 2.75) is 20.8 Å². The van der Waals surface area contributed by atoms with Crippen molar-refractivity contribution < 1.29 is 17.2 Å². The van der Waals surface area contributed by atoms with Crippen LogP contribution in [-0.4, -0.2) is 14.4 Å². The molecule has 2 aromatic heterocycles. The van der Waals surface area contributed by atoms with Crippen molar-refractivity contribution in [2.75, 3.05) is 0 Å². The average molecular weight is 672 g/mol. The minimum Gasteiger partial charge on any atom is -0.107 e. The molecular weight excluding hydrogens is 658 g/mol. The SMILES string of the molecule is CC.Cc1cn2cc([I-]I)ncc2n1.I.I. The molecule has 0 fully saturated rings. The molecule has 0 N–H and O–H groups in total. The number of nitrogens with zero attached hydrogens (tertiary/aromatic N) is 3. The van der Waals surface area contributed by atoms with Crippen molar-refractivity contribution in [2.24, 2.45) is 0 Å². The van der Waals surface area contributed by atoms with Gasteiger partial charge in [0.2, 0.25) is 0 Å². The molecule has 0 aliphatic carbocycles. The number of aromatic nitrogens is 3. The van der Waals surface area contributed by atoms with E-state index in [2.05, 4.69) is 34.8 Å². The zero-order valence-electron chi connectivity index (χ0n) is 9.15. The Morgan fingerprint density at radius 3 is 2.44 bits per heavy atom. The second kappa shape index (κ2) is 10.5. The fourth-order valence-corrected chi connectivity index (χ4v) is 3.10. The largest absolute Gasteiger partial charge is 0.107 e. The molecule has 0 radical (unpaired) electrons. The fraction of sp³-hybridized carbons (Fsp3) is 0.333. The number of fused-ring (bicyclic) bond motifs is 1. The number of aryl methyl sites for hydroxylation is 1. The van der Waals surface area contributed by atoms with Gasteiger partial charge in [0.25, 0.3) is 0 Å². The summed E-state index contributed by atoms with van der Waals surface area (Å²) in [5, 5.41) is 0. The molecule has 0 unspecified atom stereocenters. The van der Waals surface area contributed by atoms with E-state index in [4.69, 9.17) is 0 Å². The summed E-state index contributed by atoms with van der Waals surface area (Å²) in [5.41, 5.74) is 1.98. The predicted octanol–water partition coefficient (Wildman–Crippen LogP) is 0.909. The third-order valence-corrected chi connectivity index (χ3v) is 5.28. The molecule has 3 nitrogen and oxygen atoms in total. The van der Waals surface area contributed by atoms with Gasteiger partial charge >= 0.3 is 90.8 Å². The molecule has 2 rings (SSSR count). The first-order valence-electron chi connectivity index (χ1n) is 4.37. The first-order valence-corrected chi connectivity index (χ1v) is 11.7.